The van der Waals surface area contributed by atoms with E-state index in [0.717, 1.165) is 3.57 Å². The molecule has 2 aromatic heterocycles. The van der Waals surface area contributed by atoms with Crippen LogP contribution >= 0.6 is 22.6 Å². The summed E-state index contributed by atoms with van der Waals surface area (Å²) in [7, 11) is 0. The standard InChI is InChI=1S/C20H25FIN5O3/c1-6-15(28)26-9-14(12(21)7-11(26)2)25-17-16-13(22)8-27(18(16)24-10-23-17)19(29)30-20(3,4)5/h6,8,10-12,14H,1,7,9H2,2-5H3,(H,23,24,25)/t11-,12-,14-/m0/s1. The van der Waals surface area contributed by atoms with Crippen molar-refractivity contribution in [2.45, 2.75) is 58.0 Å². The van der Waals surface area contributed by atoms with Crippen molar-refractivity contribution < 1.29 is 18.7 Å². The van der Waals surface area contributed by atoms with Gasteiger partial charge < -0.3 is 15.0 Å². The monoisotopic (exact) mass is 529 g/mol. The summed E-state index contributed by atoms with van der Waals surface area (Å²) in [4.78, 5) is 34.8. The molecule has 0 spiro atoms. The molecule has 0 bridgehead atoms. The Balaban J connectivity index is 1.92. The fourth-order valence-corrected chi connectivity index (χ4v) is 4.21. The zero-order chi connectivity index (χ0) is 22.2. The smallest absolute Gasteiger partial charge is 0.420 e. The van der Waals surface area contributed by atoms with E-state index in [1.165, 1.54) is 17.0 Å². The average molecular weight is 529 g/mol. The maximum atomic E-state index is 14.8. The van der Waals surface area contributed by atoms with Gasteiger partial charge >= 0.3 is 6.09 Å². The van der Waals surface area contributed by atoms with Crippen molar-refractivity contribution >= 4 is 51.4 Å². The SMILES string of the molecule is C=CC(=O)N1C[C@H](Nc2ncnc3c2c(I)cn3C(=O)OC(C)(C)C)[C@@H](F)C[C@@H]1C. The Hall–Kier alpha value is -2.24. The number of aromatic nitrogens is 3. The molecule has 1 saturated heterocycles. The maximum Gasteiger partial charge on any atom is 0.420 e. The Morgan fingerprint density at radius 2 is 2.10 bits per heavy atom. The quantitative estimate of drug-likeness (QED) is 0.482. The van der Waals surface area contributed by atoms with Crippen molar-refractivity contribution in [3.8, 4) is 0 Å². The second-order valence-electron chi connectivity index (χ2n) is 8.29. The van der Waals surface area contributed by atoms with E-state index in [9.17, 15) is 14.0 Å². The van der Waals surface area contributed by atoms with Gasteiger partial charge in [0, 0.05) is 28.8 Å². The van der Waals surface area contributed by atoms with E-state index >= 15 is 0 Å². The summed E-state index contributed by atoms with van der Waals surface area (Å²) in [5, 5.41) is 3.71. The summed E-state index contributed by atoms with van der Waals surface area (Å²) in [6.45, 7) is 10.9. The number of halogens is 2. The molecule has 1 N–H and O–H groups in total. The Kier molecular flexibility index (Phi) is 6.34. The Morgan fingerprint density at radius 1 is 1.40 bits per heavy atom. The topological polar surface area (TPSA) is 89.4 Å². The molecule has 3 atom stereocenters. The van der Waals surface area contributed by atoms with Crippen LogP contribution in [-0.4, -0.2) is 61.8 Å². The molecule has 3 heterocycles. The number of carbonyl (C=O) groups excluding carboxylic acids is 2. The van der Waals surface area contributed by atoms with Gasteiger partial charge in [0.2, 0.25) is 5.91 Å². The van der Waals surface area contributed by atoms with E-state index in [0.29, 0.717) is 16.9 Å². The van der Waals surface area contributed by atoms with Gasteiger partial charge in [0.15, 0.2) is 5.65 Å². The molecule has 0 aromatic carbocycles. The average Bonchev–Trinajstić information content (AvgIpc) is 3.00. The number of piperidine rings is 1. The normalized spacial score (nSPS) is 22.1. The van der Waals surface area contributed by atoms with Gasteiger partial charge in [-0.3, -0.25) is 4.79 Å². The lowest BCUT2D eigenvalue weighted by Crippen LogP contribution is -2.54. The van der Waals surface area contributed by atoms with Crippen molar-refractivity contribution in [1.82, 2.24) is 19.4 Å². The highest BCUT2D eigenvalue weighted by molar-refractivity contribution is 14.1. The molecule has 8 nitrogen and oxygen atoms in total. The Morgan fingerprint density at radius 3 is 2.73 bits per heavy atom. The molecule has 1 aliphatic rings. The van der Waals surface area contributed by atoms with E-state index in [1.54, 1.807) is 31.9 Å². The molecule has 1 amide bonds. The number of nitrogens with zero attached hydrogens (tertiary/aromatic N) is 4. The van der Waals surface area contributed by atoms with Gasteiger partial charge in [-0.1, -0.05) is 6.58 Å². The zero-order valence-electron chi connectivity index (χ0n) is 17.4. The first kappa shape index (κ1) is 22.4. The molecule has 30 heavy (non-hydrogen) atoms. The second-order valence-corrected chi connectivity index (χ2v) is 9.46. The minimum Gasteiger partial charge on any atom is -0.443 e. The van der Waals surface area contributed by atoms with Gasteiger partial charge in [0.05, 0.1) is 11.4 Å². The number of fused-ring (bicyclic) bond motifs is 1. The predicted octanol–water partition coefficient (Wildman–Crippen LogP) is 3.74. The van der Waals surface area contributed by atoms with Gasteiger partial charge in [-0.15, -0.1) is 0 Å². The van der Waals surface area contributed by atoms with Crippen molar-refractivity contribution in [2.75, 3.05) is 11.9 Å². The van der Waals surface area contributed by atoms with Crippen LogP contribution in [0.4, 0.5) is 15.0 Å². The number of hydrogen-bond donors (Lipinski definition) is 1. The molecule has 0 aliphatic carbocycles. The lowest BCUT2D eigenvalue weighted by Gasteiger charge is -2.40. The Bertz CT molecular complexity index is 987. The highest BCUT2D eigenvalue weighted by Crippen LogP contribution is 2.30. The van der Waals surface area contributed by atoms with E-state index < -0.39 is 23.9 Å². The number of hydrogen-bond acceptors (Lipinski definition) is 6. The van der Waals surface area contributed by atoms with Crippen LogP contribution in [0, 0.1) is 3.57 Å². The fraction of sp³-hybridized carbons (Fsp3) is 0.500. The minimum atomic E-state index is -1.16. The van der Waals surface area contributed by atoms with Crippen LogP contribution < -0.4 is 5.32 Å². The highest BCUT2D eigenvalue weighted by Gasteiger charge is 2.36. The minimum absolute atomic E-state index is 0.183. The number of anilines is 1. The summed E-state index contributed by atoms with van der Waals surface area (Å²) in [6, 6.07) is -0.869. The number of nitrogens with one attached hydrogen (secondary N) is 1. The molecule has 2 aromatic rings. The first-order valence-corrected chi connectivity index (χ1v) is 10.7. The molecule has 1 aliphatic heterocycles. The fourth-order valence-electron chi connectivity index (χ4n) is 3.44. The third-order valence-corrected chi connectivity index (χ3v) is 5.65. The summed E-state index contributed by atoms with van der Waals surface area (Å²) < 4.78 is 22.3. The van der Waals surface area contributed by atoms with E-state index in [-0.39, 0.29) is 24.9 Å². The molecule has 0 saturated carbocycles. The zero-order valence-corrected chi connectivity index (χ0v) is 19.5. The summed E-state index contributed by atoms with van der Waals surface area (Å²) in [6.07, 6.45) is 2.65. The van der Waals surface area contributed by atoms with Crippen LogP contribution in [0.1, 0.15) is 34.1 Å². The Labute approximate surface area is 188 Å². The van der Waals surface area contributed by atoms with E-state index in [2.05, 4.69) is 44.5 Å². The van der Waals surface area contributed by atoms with Gasteiger partial charge in [-0.05, 0) is 56.4 Å². The second kappa shape index (κ2) is 8.48. The number of alkyl halides is 1. The molecular formula is C20H25FIN5O3. The first-order valence-electron chi connectivity index (χ1n) is 9.60. The molecule has 0 unspecified atom stereocenters. The number of likely N-dealkylation sites (tertiary alicyclic amines) is 1. The number of ether oxygens (including phenoxy) is 1. The maximum absolute atomic E-state index is 14.8. The predicted molar refractivity (Wildman–Crippen MR) is 120 cm³/mol. The molecule has 10 heteroatoms. The molecule has 1 fully saturated rings. The highest BCUT2D eigenvalue weighted by atomic mass is 127. The number of carbonyl (C=O) groups is 2. The van der Waals surface area contributed by atoms with Crippen molar-refractivity contribution in [3.63, 3.8) is 0 Å². The van der Waals surface area contributed by atoms with Crippen LogP contribution in [0.3, 0.4) is 0 Å². The van der Waals surface area contributed by atoms with Gasteiger partial charge in [-0.2, -0.15) is 0 Å². The molecule has 162 valence electrons. The van der Waals surface area contributed by atoms with Crippen LogP contribution in [0.15, 0.2) is 25.2 Å². The van der Waals surface area contributed by atoms with E-state index in [1.807, 2.05) is 6.92 Å². The van der Waals surface area contributed by atoms with Crippen molar-refractivity contribution in [2.24, 2.45) is 0 Å². The third-order valence-electron chi connectivity index (χ3n) is 4.84. The van der Waals surface area contributed by atoms with Crippen LogP contribution in [0.25, 0.3) is 11.0 Å². The van der Waals surface area contributed by atoms with Crippen LogP contribution in [0.5, 0.6) is 0 Å². The van der Waals surface area contributed by atoms with Gasteiger partial charge in [-0.25, -0.2) is 23.7 Å². The lowest BCUT2D eigenvalue weighted by atomic mass is 9.97. The third kappa shape index (κ3) is 4.57. The largest absolute Gasteiger partial charge is 0.443 e. The summed E-state index contributed by atoms with van der Waals surface area (Å²) in [5.74, 6) is 0.166. The lowest BCUT2D eigenvalue weighted by molar-refractivity contribution is -0.130. The van der Waals surface area contributed by atoms with Crippen molar-refractivity contribution in [1.29, 1.82) is 0 Å². The number of rotatable bonds is 3. The first-order chi connectivity index (χ1) is 14.0. The van der Waals surface area contributed by atoms with Gasteiger partial charge in [0.25, 0.3) is 0 Å². The van der Waals surface area contributed by atoms with E-state index in [4.69, 9.17) is 4.74 Å². The molecular weight excluding hydrogens is 504 g/mol. The summed E-state index contributed by atoms with van der Waals surface area (Å²) >= 11 is 2.08. The van der Waals surface area contributed by atoms with Crippen LogP contribution in [0.2, 0.25) is 0 Å². The molecule has 3 rings (SSSR count). The summed E-state index contributed by atoms with van der Waals surface area (Å²) in [5.41, 5.74) is -0.293. The van der Waals surface area contributed by atoms with Gasteiger partial charge in [0.1, 0.15) is 23.9 Å². The molecule has 0 radical (unpaired) electrons. The number of amides is 1. The van der Waals surface area contributed by atoms with Crippen molar-refractivity contribution in [3.05, 3.63) is 28.7 Å². The van der Waals surface area contributed by atoms with Crippen LogP contribution in [-0.2, 0) is 9.53 Å².